The number of aromatic nitrogens is 4. The van der Waals surface area contributed by atoms with Gasteiger partial charge >= 0.3 is 12.1 Å². The minimum Gasteiger partial charge on any atom is -0.478 e. The third-order valence-electron chi connectivity index (χ3n) is 6.07. The molecule has 0 atom stereocenters. The van der Waals surface area contributed by atoms with Gasteiger partial charge in [0.25, 0.3) is 0 Å². The second kappa shape index (κ2) is 11.4. The van der Waals surface area contributed by atoms with E-state index < -0.39 is 58.6 Å². The number of alkyl halides is 3. The normalized spacial score (nSPS) is 14.4. The first-order valence-corrected chi connectivity index (χ1v) is 12.0. The number of aromatic carboxylic acids is 1. The lowest BCUT2D eigenvalue weighted by atomic mass is 9.97. The fourth-order valence-corrected chi connectivity index (χ4v) is 4.24. The molecule has 10 nitrogen and oxygen atoms in total. The average Bonchev–Trinajstić information content (AvgIpc) is 3.39. The molecule has 0 bridgehead atoms. The van der Waals surface area contributed by atoms with Gasteiger partial charge in [-0.2, -0.15) is 28.2 Å². The number of pyridine rings is 1. The van der Waals surface area contributed by atoms with Crippen molar-refractivity contribution in [3.05, 3.63) is 59.3 Å². The van der Waals surface area contributed by atoms with Gasteiger partial charge in [0, 0.05) is 43.5 Å². The van der Waals surface area contributed by atoms with Gasteiger partial charge in [0.2, 0.25) is 11.8 Å². The fourth-order valence-electron chi connectivity index (χ4n) is 4.24. The minimum absolute atomic E-state index is 0.104. The van der Waals surface area contributed by atoms with Gasteiger partial charge in [-0.3, -0.25) is 4.79 Å². The molecule has 1 fully saturated rings. The first kappa shape index (κ1) is 28.0. The molecule has 2 aromatic heterocycles. The Morgan fingerprint density at radius 2 is 1.85 bits per heavy atom. The molecule has 4 rings (SSSR count). The molecule has 39 heavy (non-hydrogen) atoms. The topological polar surface area (TPSA) is 120 Å². The number of nitrogens with zero attached hydrogens (tertiary/aromatic N) is 5. The second-order valence-electron chi connectivity index (χ2n) is 9.15. The van der Waals surface area contributed by atoms with E-state index in [1.165, 1.54) is 17.3 Å². The fraction of sp³-hybridized carbons (Fsp3) is 0.400. The van der Waals surface area contributed by atoms with E-state index in [1.54, 1.807) is 13.8 Å². The number of benzene rings is 1. The summed E-state index contributed by atoms with van der Waals surface area (Å²) in [5.41, 5.74) is -1.95. The van der Waals surface area contributed by atoms with E-state index in [2.05, 4.69) is 15.2 Å². The Kier molecular flexibility index (Phi) is 8.14. The Labute approximate surface area is 220 Å². The van der Waals surface area contributed by atoms with Crippen LogP contribution >= 0.6 is 0 Å². The molecule has 0 spiro atoms. The van der Waals surface area contributed by atoms with Crippen molar-refractivity contribution >= 4 is 17.6 Å². The third-order valence-corrected chi connectivity index (χ3v) is 6.07. The summed E-state index contributed by atoms with van der Waals surface area (Å²) in [6, 6.07) is 1.76. The molecule has 208 valence electrons. The monoisotopic (exact) mass is 551 g/mol. The lowest BCUT2D eigenvalue weighted by molar-refractivity contribution is -0.139. The molecule has 0 saturated carbocycles. The number of carbonyl (C=O) groups excluding carboxylic acids is 1. The zero-order valence-electron chi connectivity index (χ0n) is 21.0. The van der Waals surface area contributed by atoms with Crippen molar-refractivity contribution in [2.45, 2.75) is 45.5 Å². The molecule has 1 saturated heterocycles. The number of hydrogen-bond donors (Lipinski definition) is 1. The largest absolute Gasteiger partial charge is 0.478 e. The molecule has 1 aromatic carbocycles. The van der Waals surface area contributed by atoms with Gasteiger partial charge in [0.15, 0.2) is 11.6 Å². The molecule has 0 radical (unpaired) electrons. The van der Waals surface area contributed by atoms with E-state index in [-0.39, 0.29) is 17.8 Å². The van der Waals surface area contributed by atoms with Crippen molar-refractivity contribution in [3.63, 3.8) is 0 Å². The van der Waals surface area contributed by atoms with Crippen LogP contribution in [0.15, 0.2) is 36.8 Å². The van der Waals surface area contributed by atoms with Gasteiger partial charge in [-0.25, -0.2) is 14.2 Å². The van der Waals surface area contributed by atoms with Gasteiger partial charge in [-0.1, -0.05) is 0 Å². The summed E-state index contributed by atoms with van der Waals surface area (Å²) in [6.45, 7) is 3.90. The van der Waals surface area contributed by atoms with Crippen LogP contribution in [0.1, 0.15) is 48.2 Å². The molecular weight excluding hydrogens is 526 g/mol. The molecule has 1 aliphatic heterocycles. The summed E-state index contributed by atoms with van der Waals surface area (Å²) >= 11 is 0. The van der Waals surface area contributed by atoms with Crippen molar-refractivity contribution in [1.29, 1.82) is 0 Å². The Hall–Kier alpha value is -4.07. The first-order valence-electron chi connectivity index (χ1n) is 12.0. The van der Waals surface area contributed by atoms with Gasteiger partial charge in [-0.05, 0) is 38.3 Å². The highest BCUT2D eigenvalue weighted by molar-refractivity contribution is 6.03. The van der Waals surface area contributed by atoms with Crippen LogP contribution in [0.3, 0.4) is 0 Å². The van der Waals surface area contributed by atoms with Crippen LogP contribution < -0.4 is 9.64 Å². The number of carbonyl (C=O) groups is 2. The Balaban J connectivity index is 1.71. The molecule has 1 N–H and O–H groups in total. The first-order chi connectivity index (χ1) is 18.5. The highest BCUT2D eigenvalue weighted by atomic mass is 19.4. The van der Waals surface area contributed by atoms with Crippen LogP contribution in [0, 0.1) is 11.7 Å². The Bertz CT molecular complexity index is 1340. The zero-order valence-corrected chi connectivity index (χ0v) is 21.0. The maximum atomic E-state index is 15.3. The van der Waals surface area contributed by atoms with Crippen LogP contribution in [0.5, 0.6) is 11.6 Å². The molecule has 3 aromatic rings. The van der Waals surface area contributed by atoms with Gasteiger partial charge in [0.05, 0.1) is 30.2 Å². The third kappa shape index (κ3) is 6.33. The average molecular weight is 551 g/mol. The second-order valence-corrected chi connectivity index (χ2v) is 9.15. The van der Waals surface area contributed by atoms with Crippen molar-refractivity contribution < 1.29 is 41.7 Å². The van der Waals surface area contributed by atoms with E-state index in [4.69, 9.17) is 9.47 Å². The molecule has 1 aliphatic rings. The Morgan fingerprint density at radius 3 is 2.44 bits per heavy atom. The smallest absolute Gasteiger partial charge is 0.421 e. The van der Waals surface area contributed by atoms with Crippen LogP contribution in [-0.4, -0.2) is 56.2 Å². The number of hydrogen-bond acceptors (Lipinski definition) is 7. The summed E-state index contributed by atoms with van der Waals surface area (Å²) in [4.78, 5) is 31.5. The number of carboxylic acids is 1. The number of rotatable bonds is 8. The van der Waals surface area contributed by atoms with Crippen molar-refractivity contribution in [1.82, 2.24) is 20.0 Å². The van der Waals surface area contributed by atoms with Crippen molar-refractivity contribution in [2.24, 2.45) is 5.92 Å². The predicted octanol–water partition coefficient (Wildman–Crippen LogP) is 4.54. The van der Waals surface area contributed by atoms with Crippen LogP contribution in [0.4, 0.5) is 23.2 Å². The van der Waals surface area contributed by atoms with E-state index in [1.807, 2.05) is 0 Å². The number of amides is 1. The molecule has 0 unspecified atom stereocenters. The molecule has 1 amide bonds. The molecule has 14 heteroatoms. The van der Waals surface area contributed by atoms with Crippen LogP contribution in [-0.2, 0) is 22.3 Å². The predicted molar refractivity (Wildman–Crippen MR) is 128 cm³/mol. The zero-order chi connectivity index (χ0) is 28.3. The summed E-state index contributed by atoms with van der Waals surface area (Å²) in [5.74, 6) is -5.30. The lowest BCUT2D eigenvalue weighted by Gasteiger charge is -2.33. The van der Waals surface area contributed by atoms with E-state index >= 15 is 4.39 Å². The lowest BCUT2D eigenvalue weighted by Crippen LogP contribution is -2.43. The van der Waals surface area contributed by atoms with E-state index in [0.717, 1.165) is 29.2 Å². The van der Waals surface area contributed by atoms with Gasteiger partial charge in [-0.15, -0.1) is 0 Å². The van der Waals surface area contributed by atoms with Crippen LogP contribution in [0.2, 0.25) is 0 Å². The summed E-state index contributed by atoms with van der Waals surface area (Å²) < 4.78 is 67.3. The Morgan fingerprint density at radius 1 is 1.18 bits per heavy atom. The van der Waals surface area contributed by atoms with Crippen molar-refractivity contribution in [3.8, 4) is 11.6 Å². The molecule has 0 aliphatic carbocycles. The summed E-state index contributed by atoms with van der Waals surface area (Å²) in [5, 5.41) is 17.5. The number of anilines is 1. The quantitative estimate of drug-likeness (QED) is 0.406. The highest BCUT2D eigenvalue weighted by Gasteiger charge is 2.37. The highest BCUT2D eigenvalue weighted by Crippen LogP contribution is 2.39. The number of ether oxygens (including phenoxy) is 2. The van der Waals surface area contributed by atoms with E-state index in [9.17, 15) is 27.9 Å². The molecule has 3 heterocycles. The van der Waals surface area contributed by atoms with E-state index in [0.29, 0.717) is 26.1 Å². The van der Waals surface area contributed by atoms with Crippen molar-refractivity contribution in [2.75, 3.05) is 18.1 Å². The molecular formula is C25H25F4N5O5. The number of carboxylic acid groups (broad SMARTS) is 1. The summed E-state index contributed by atoms with van der Waals surface area (Å²) in [7, 11) is 0. The minimum atomic E-state index is -4.92. The standard InChI is InChI=1S/C25H25F4N5O5/c1-14(2)34(23(35)16-3-7-38-8-4-16)20-11-19(26)21(10-17(20)24(36)37)39-22-18(25(27,28)29)9-15(12-30-22)13-33-31-5-6-32-33/h5-6,9-12,14,16H,3-4,7-8,13H2,1-2H3,(H,36,37). The van der Waals surface area contributed by atoms with Gasteiger partial charge in [0.1, 0.15) is 5.56 Å². The van der Waals surface area contributed by atoms with Crippen LogP contribution in [0.25, 0.3) is 0 Å². The maximum Gasteiger partial charge on any atom is 0.421 e. The van der Waals surface area contributed by atoms with Gasteiger partial charge < -0.3 is 19.5 Å². The SMILES string of the molecule is CC(C)N(C(=O)C1CCOCC1)c1cc(F)c(Oc2ncc(Cn3nccn3)cc2C(F)(F)F)cc1C(=O)O. The number of halogens is 4. The maximum absolute atomic E-state index is 15.3. The summed E-state index contributed by atoms with van der Waals surface area (Å²) in [6.07, 6.45) is -0.268.